The summed E-state index contributed by atoms with van der Waals surface area (Å²) in [5.41, 5.74) is 5.12. The second kappa shape index (κ2) is 7.41. The summed E-state index contributed by atoms with van der Waals surface area (Å²) >= 11 is 0. The van der Waals surface area contributed by atoms with Crippen molar-refractivity contribution in [2.24, 2.45) is 7.05 Å². The summed E-state index contributed by atoms with van der Waals surface area (Å²) in [7, 11) is 1.88. The fourth-order valence-corrected chi connectivity index (χ4v) is 2.88. The number of carbonyl (C=O) groups excluding carboxylic acids is 2. The van der Waals surface area contributed by atoms with E-state index in [2.05, 4.69) is 20.7 Å². The normalized spacial score (nSPS) is 10.5. The first-order chi connectivity index (χ1) is 12.8. The summed E-state index contributed by atoms with van der Waals surface area (Å²) in [4.78, 5) is 28.1. The Morgan fingerprint density at radius 2 is 1.59 bits per heavy atom. The first kappa shape index (κ1) is 18.3. The quantitative estimate of drug-likeness (QED) is 0.744. The molecular weight excluding hydrogens is 342 g/mol. The molecule has 0 saturated carbocycles. The fourth-order valence-electron chi connectivity index (χ4n) is 2.88. The first-order valence-corrected chi connectivity index (χ1v) is 8.52. The molecule has 0 aliphatic carbocycles. The monoisotopic (exact) mass is 363 g/mol. The Hall–Kier alpha value is -3.48. The zero-order valence-corrected chi connectivity index (χ0v) is 15.7. The maximum absolute atomic E-state index is 12.6. The van der Waals surface area contributed by atoms with Crippen molar-refractivity contribution in [2.75, 3.05) is 10.6 Å². The minimum atomic E-state index is -0.302. The van der Waals surface area contributed by atoms with Crippen LogP contribution in [0, 0.1) is 13.8 Å². The van der Waals surface area contributed by atoms with Crippen LogP contribution in [-0.4, -0.2) is 26.6 Å². The van der Waals surface area contributed by atoms with Crippen LogP contribution in [0.5, 0.6) is 0 Å². The van der Waals surface area contributed by atoms with Crippen molar-refractivity contribution < 1.29 is 9.59 Å². The largest absolute Gasteiger partial charge is 0.326 e. The van der Waals surface area contributed by atoms with Crippen LogP contribution in [0.2, 0.25) is 0 Å². The van der Waals surface area contributed by atoms with E-state index in [0.717, 1.165) is 17.0 Å². The summed E-state index contributed by atoms with van der Waals surface area (Å²) in [6, 6.07) is 12.3. The van der Waals surface area contributed by atoms with Gasteiger partial charge in [0.05, 0.1) is 11.4 Å². The molecule has 27 heavy (non-hydrogen) atoms. The highest BCUT2D eigenvalue weighted by Gasteiger charge is 2.15. The van der Waals surface area contributed by atoms with Gasteiger partial charge in [-0.1, -0.05) is 6.07 Å². The van der Waals surface area contributed by atoms with Crippen LogP contribution in [0.15, 0.2) is 42.5 Å². The third-order valence-corrected chi connectivity index (χ3v) is 4.21. The molecule has 138 valence electrons. The number of hydrogen-bond acceptors (Lipinski definition) is 4. The number of aryl methyl sites for hydroxylation is 2. The van der Waals surface area contributed by atoms with Crippen molar-refractivity contribution in [1.29, 1.82) is 0 Å². The van der Waals surface area contributed by atoms with Gasteiger partial charge in [0, 0.05) is 36.6 Å². The lowest BCUT2D eigenvalue weighted by atomic mass is 10.1. The van der Waals surface area contributed by atoms with Crippen LogP contribution in [-0.2, 0) is 11.8 Å². The van der Waals surface area contributed by atoms with E-state index in [1.807, 2.05) is 33.0 Å². The molecule has 7 nitrogen and oxygen atoms in total. The topological polar surface area (TPSA) is 88.9 Å². The molecular formula is C20H21N5O2. The van der Waals surface area contributed by atoms with Gasteiger partial charge >= 0.3 is 0 Å². The molecule has 0 atom stereocenters. The minimum Gasteiger partial charge on any atom is -0.326 e. The molecule has 0 bridgehead atoms. The van der Waals surface area contributed by atoms with Crippen LogP contribution in [0.4, 0.5) is 11.4 Å². The third-order valence-electron chi connectivity index (χ3n) is 4.21. The molecule has 3 rings (SSSR count). The van der Waals surface area contributed by atoms with Gasteiger partial charge in [-0.3, -0.25) is 14.3 Å². The number of pyridine rings is 1. The van der Waals surface area contributed by atoms with Gasteiger partial charge in [-0.2, -0.15) is 5.10 Å². The highest BCUT2D eigenvalue weighted by molar-refractivity contribution is 6.03. The van der Waals surface area contributed by atoms with E-state index in [-0.39, 0.29) is 11.8 Å². The highest BCUT2D eigenvalue weighted by Crippen LogP contribution is 2.25. The minimum absolute atomic E-state index is 0.145. The Balaban J connectivity index is 1.80. The van der Waals surface area contributed by atoms with Crippen LogP contribution < -0.4 is 10.6 Å². The molecule has 2 heterocycles. The number of nitrogens with one attached hydrogen (secondary N) is 2. The van der Waals surface area contributed by atoms with Crippen LogP contribution in [0.3, 0.4) is 0 Å². The molecule has 2 aromatic heterocycles. The van der Waals surface area contributed by atoms with Crippen molar-refractivity contribution >= 4 is 23.2 Å². The fraction of sp³-hybridized carbons (Fsp3) is 0.200. The van der Waals surface area contributed by atoms with Crippen LogP contribution in [0.1, 0.15) is 28.8 Å². The lowest BCUT2D eigenvalue weighted by Gasteiger charge is -2.08. The van der Waals surface area contributed by atoms with Gasteiger partial charge in [0.1, 0.15) is 5.69 Å². The molecule has 7 heteroatoms. The Morgan fingerprint density at radius 1 is 0.963 bits per heavy atom. The predicted molar refractivity (Wildman–Crippen MR) is 105 cm³/mol. The SMILES string of the molecule is CC(=O)Nc1ccc(NC(=O)c2cccc(-c3c(C)nn(C)c3C)n2)cc1. The van der Waals surface area contributed by atoms with E-state index >= 15 is 0 Å². The Morgan fingerprint density at radius 3 is 2.15 bits per heavy atom. The van der Waals surface area contributed by atoms with E-state index in [1.54, 1.807) is 35.0 Å². The van der Waals surface area contributed by atoms with Gasteiger partial charge in [0.2, 0.25) is 5.91 Å². The zero-order chi connectivity index (χ0) is 19.6. The molecule has 0 unspecified atom stereocenters. The van der Waals surface area contributed by atoms with E-state index in [1.165, 1.54) is 6.92 Å². The lowest BCUT2D eigenvalue weighted by Crippen LogP contribution is -2.14. The molecule has 0 fully saturated rings. The molecule has 0 spiro atoms. The standard InChI is InChI=1S/C20H21N5O2/c1-12-19(13(2)25(4)24-12)17-6-5-7-18(23-17)20(27)22-16-10-8-15(9-11-16)21-14(3)26/h5-11H,1-4H3,(H,21,26)(H,22,27). The number of anilines is 2. The zero-order valence-electron chi connectivity index (χ0n) is 15.7. The predicted octanol–water partition coefficient (Wildman–Crippen LogP) is 3.31. The Kier molecular flexibility index (Phi) is 5.03. The smallest absolute Gasteiger partial charge is 0.274 e. The molecule has 0 aliphatic heterocycles. The molecule has 2 N–H and O–H groups in total. The van der Waals surface area contributed by atoms with E-state index in [4.69, 9.17) is 0 Å². The van der Waals surface area contributed by atoms with Crippen molar-refractivity contribution in [3.63, 3.8) is 0 Å². The highest BCUT2D eigenvalue weighted by atomic mass is 16.2. The number of nitrogens with zero attached hydrogens (tertiary/aromatic N) is 3. The van der Waals surface area contributed by atoms with E-state index in [9.17, 15) is 9.59 Å². The van der Waals surface area contributed by atoms with Gasteiger partial charge in [0.15, 0.2) is 0 Å². The van der Waals surface area contributed by atoms with Crippen molar-refractivity contribution in [1.82, 2.24) is 14.8 Å². The molecule has 0 aliphatic rings. The van der Waals surface area contributed by atoms with Gasteiger partial charge in [-0.05, 0) is 50.2 Å². The van der Waals surface area contributed by atoms with Gasteiger partial charge < -0.3 is 10.6 Å². The van der Waals surface area contributed by atoms with Gasteiger partial charge in [-0.15, -0.1) is 0 Å². The Bertz CT molecular complexity index is 1010. The average Bonchev–Trinajstić information content (AvgIpc) is 2.88. The second-order valence-corrected chi connectivity index (χ2v) is 6.29. The van der Waals surface area contributed by atoms with Gasteiger partial charge in [-0.25, -0.2) is 4.98 Å². The average molecular weight is 363 g/mol. The number of amides is 2. The number of rotatable bonds is 4. The van der Waals surface area contributed by atoms with Gasteiger partial charge in [0.25, 0.3) is 5.91 Å². The first-order valence-electron chi connectivity index (χ1n) is 8.52. The molecule has 2 amide bonds. The van der Waals surface area contributed by atoms with E-state index < -0.39 is 0 Å². The summed E-state index contributed by atoms with van der Waals surface area (Å²) in [6.45, 7) is 5.34. The van der Waals surface area contributed by atoms with Crippen molar-refractivity contribution in [3.05, 3.63) is 59.5 Å². The van der Waals surface area contributed by atoms with Crippen LogP contribution in [0.25, 0.3) is 11.3 Å². The number of carbonyl (C=O) groups is 2. The summed E-state index contributed by atoms with van der Waals surface area (Å²) in [5, 5.41) is 9.90. The molecule has 0 radical (unpaired) electrons. The summed E-state index contributed by atoms with van der Waals surface area (Å²) in [6.07, 6.45) is 0. The number of hydrogen-bond donors (Lipinski definition) is 2. The summed E-state index contributed by atoms with van der Waals surface area (Å²) < 4.78 is 1.80. The second-order valence-electron chi connectivity index (χ2n) is 6.29. The van der Waals surface area contributed by atoms with Crippen molar-refractivity contribution in [2.45, 2.75) is 20.8 Å². The Labute approximate surface area is 157 Å². The summed E-state index contributed by atoms with van der Waals surface area (Å²) in [5.74, 6) is -0.447. The van der Waals surface area contributed by atoms with Crippen LogP contribution >= 0.6 is 0 Å². The maximum atomic E-state index is 12.6. The maximum Gasteiger partial charge on any atom is 0.274 e. The van der Waals surface area contributed by atoms with E-state index in [0.29, 0.717) is 22.8 Å². The number of benzene rings is 1. The third kappa shape index (κ3) is 4.03. The van der Waals surface area contributed by atoms with Crippen molar-refractivity contribution in [3.8, 4) is 11.3 Å². The number of aromatic nitrogens is 3. The lowest BCUT2D eigenvalue weighted by molar-refractivity contribution is -0.114. The molecule has 1 aromatic carbocycles. The molecule has 3 aromatic rings. The molecule has 0 saturated heterocycles.